The number of carbonyl (C=O) groups is 1. The van der Waals surface area contributed by atoms with Crippen molar-refractivity contribution < 1.29 is 9.90 Å². The van der Waals surface area contributed by atoms with Crippen LogP contribution in [-0.4, -0.2) is 17.6 Å². The number of hydrogen-bond acceptors (Lipinski definition) is 3. The van der Waals surface area contributed by atoms with Crippen LogP contribution >= 0.6 is 11.3 Å². The molecule has 0 aliphatic rings. The van der Waals surface area contributed by atoms with Gasteiger partial charge in [0.1, 0.15) is 0 Å². The van der Waals surface area contributed by atoms with Crippen LogP contribution in [0.15, 0.2) is 35.7 Å². The minimum Gasteiger partial charge on any atom is -0.387 e. The van der Waals surface area contributed by atoms with Crippen LogP contribution in [0.3, 0.4) is 0 Å². The van der Waals surface area contributed by atoms with Gasteiger partial charge in [-0.15, -0.1) is 11.3 Å². The molecule has 2 aromatic rings. The van der Waals surface area contributed by atoms with E-state index in [9.17, 15) is 9.90 Å². The molecule has 1 heterocycles. The quantitative estimate of drug-likeness (QED) is 0.886. The lowest BCUT2D eigenvalue weighted by molar-refractivity contribution is 0.0919. The molecule has 0 bridgehead atoms. The van der Waals surface area contributed by atoms with E-state index >= 15 is 0 Å². The Kier molecular flexibility index (Phi) is 5.15. The Bertz CT molecular complexity index is 619. The monoisotopic (exact) mass is 303 g/mol. The number of aliphatic hydroxyl groups is 1. The maximum absolute atomic E-state index is 12.2. The summed E-state index contributed by atoms with van der Waals surface area (Å²) < 4.78 is 0. The summed E-state index contributed by atoms with van der Waals surface area (Å²) in [5, 5.41) is 15.0. The number of thiophene rings is 1. The van der Waals surface area contributed by atoms with Gasteiger partial charge in [0.15, 0.2) is 0 Å². The van der Waals surface area contributed by atoms with Crippen molar-refractivity contribution in [2.45, 2.75) is 32.8 Å². The van der Waals surface area contributed by atoms with Crippen LogP contribution in [0, 0.1) is 6.92 Å². The first-order valence-corrected chi connectivity index (χ1v) is 7.98. The third kappa shape index (κ3) is 3.71. The second kappa shape index (κ2) is 6.87. The fourth-order valence-corrected chi connectivity index (χ4v) is 3.27. The first kappa shape index (κ1) is 15.7. The summed E-state index contributed by atoms with van der Waals surface area (Å²) in [5.41, 5.74) is 2.94. The molecule has 0 spiro atoms. The van der Waals surface area contributed by atoms with Crippen LogP contribution in [0.1, 0.15) is 52.2 Å². The van der Waals surface area contributed by atoms with Crippen molar-refractivity contribution in [1.29, 1.82) is 0 Å². The van der Waals surface area contributed by atoms with E-state index in [1.165, 1.54) is 11.3 Å². The summed E-state index contributed by atoms with van der Waals surface area (Å²) in [6.07, 6.45) is -0.683. The molecule has 112 valence electrons. The number of carbonyl (C=O) groups excluding carboxylic acids is 1. The van der Waals surface area contributed by atoms with Crippen LogP contribution in [-0.2, 0) is 0 Å². The molecule has 2 N–H and O–H groups in total. The summed E-state index contributed by atoms with van der Waals surface area (Å²) in [6, 6.07) is 9.66. The van der Waals surface area contributed by atoms with Gasteiger partial charge in [-0.2, -0.15) is 0 Å². The van der Waals surface area contributed by atoms with Gasteiger partial charge in [-0.05, 0) is 41.0 Å². The fourth-order valence-electron chi connectivity index (χ4n) is 2.30. The molecule has 0 fully saturated rings. The maximum atomic E-state index is 12.2. The smallest absolute Gasteiger partial charge is 0.261 e. The standard InChI is InChI=1S/C17H21NO2S/c1-11(2)13-8-9-21-16(13)17(20)18-10-15(19)14-7-5-4-6-12(14)3/h4-9,11,15,19H,10H2,1-3H3,(H,18,20). The molecule has 0 saturated carbocycles. The van der Waals surface area contributed by atoms with Crippen molar-refractivity contribution in [2.24, 2.45) is 0 Å². The van der Waals surface area contributed by atoms with Gasteiger partial charge >= 0.3 is 0 Å². The van der Waals surface area contributed by atoms with E-state index in [1.807, 2.05) is 42.6 Å². The summed E-state index contributed by atoms with van der Waals surface area (Å²) in [7, 11) is 0. The van der Waals surface area contributed by atoms with Crippen molar-refractivity contribution in [3.8, 4) is 0 Å². The van der Waals surface area contributed by atoms with Crippen LogP contribution in [0.4, 0.5) is 0 Å². The Hall–Kier alpha value is -1.65. The Morgan fingerprint density at radius 1 is 1.24 bits per heavy atom. The maximum Gasteiger partial charge on any atom is 0.261 e. The summed E-state index contributed by atoms with van der Waals surface area (Å²) in [6.45, 7) is 6.32. The average molecular weight is 303 g/mol. The molecule has 4 heteroatoms. The fraction of sp³-hybridized carbons (Fsp3) is 0.353. The van der Waals surface area contributed by atoms with Crippen LogP contribution < -0.4 is 5.32 Å². The highest BCUT2D eigenvalue weighted by Gasteiger charge is 2.17. The third-order valence-corrected chi connectivity index (χ3v) is 4.46. The molecule has 0 saturated heterocycles. The lowest BCUT2D eigenvalue weighted by Crippen LogP contribution is -2.28. The third-order valence-electron chi connectivity index (χ3n) is 3.53. The van der Waals surface area contributed by atoms with Gasteiger partial charge in [-0.1, -0.05) is 38.1 Å². The van der Waals surface area contributed by atoms with E-state index in [4.69, 9.17) is 0 Å². The molecule has 1 amide bonds. The van der Waals surface area contributed by atoms with Crippen molar-refractivity contribution in [2.75, 3.05) is 6.54 Å². The summed E-state index contributed by atoms with van der Waals surface area (Å²) in [4.78, 5) is 13.0. The number of aliphatic hydroxyl groups excluding tert-OH is 1. The van der Waals surface area contributed by atoms with E-state index in [0.717, 1.165) is 21.6 Å². The number of amides is 1. The van der Waals surface area contributed by atoms with E-state index in [2.05, 4.69) is 19.2 Å². The van der Waals surface area contributed by atoms with Gasteiger partial charge in [0.05, 0.1) is 11.0 Å². The van der Waals surface area contributed by atoms with Crippen LogP contribution in [0.2, 0.25) is 0 Å². The van der Waals surface area contributed by atoms with E-state index in [-0.39, 0.29) is 12.5 Å². The molecule has 0 aliphatic heterocycles. The van der Waals surface area contributed by atoms with E-state index < -0.39 is 6.10 Å². The molecule has 2 rings (SSSR count). The highest BCUT2D eigenvalue weighted by atomic mass is 32.1. The molecule has 1 aromatic heterocycles. The average Bonchev–Trinajstić information content (AvgIpc) is 2.94. The highest BCUT2D eigenvalue weighted by molar-refractivity contribution is 7.12. The number of nitrogens with one attached hydrogen (secondary N) is 1. The largest absolute Gasteiger partial charge is 0.387 e. The van der Waals surface area contributed by atoms with Gasteiger partial charge < -0.3 is 10.4 Å². The van der Waals surface area contributed by atoms with Gasteiger partial charge in [0, 0.05) is 6.54 Å². The van der Waals surface area contributed by atoms with Gasteiger partial charge in [0.2, 0.25) is 0 Å². The number of rotatable bonds is 5. The molecule has 3 nitrogen and oxygen atoms in total. The lowest BCUT2D eigenvalue weighted by atomic mass is 10.0. The molecular formula is C17H21NO2S. The highest BCUT2D eigenvalue weighted by Crippen LogP contribution is 2.24. The Labute approximate surface area is 129 Å². The molecule has 21 heavy (non-hydrogen) atoms. The van der Waals surface area contributed by atoms with Crippen molar-refractivity contribution in [3.63, 3.8) is 0 Å². The minimum absolute atomic E-state index is 0.110. The Morgan fingerprint density at radius 2 is 1.95 bits per heavy atom. The van der Waals surface area contributed by atoms with Crippen molar-refractivity contribution in [1.82, 2.24) is 5.32 Å². The predicted molar refractivity (Wildman–Crippen MR) is 86.9 cm³/mol. The van der Waals surface area contributed by atoms with Crippen molar-refractivity contribution >= 4 is 17.2 Å². The molecule has 1 atom stereocenters. The van der Waals surface area contributed by atoms with Gasteiger partial charge in [-0.3, -0.25) is 4.79 Å². The molecule has 0 aliphatic carbocycles. The zero-order chi connectivity index (χ0) is 15.4. The summed E-state index contributed by atoms with van der Waals surface area (Å²) >= 11 is 1.44. The zero-order valence-electron chi connectivity index (χ0n) is 12.6. The first-order valence-electron chi connectivity index (χ1n) is 7.10. The second-order valence-electron chi connectivity index (χ2n) is 5.44. The molecule has 1 unspecified atom stereocenters. The van der Waals surface area contributed by atoms with Gasteiger partial charge in [-0.25, -0.2) is 0 Å². The van der Waals surface area contributed by atoms with Gasteiger partial charge in [0.25, 0.3) is 5.91 Å². The number of aryl methyl sites for hydroxylation is 1. The van der Waals surface area contributed by atoms with Crippen LogP contribution in [0.5, 0.6) is 0 Å². The van der Waals surface area contributed by atoms with E-state index in [1.54, 1.807) is 0 Å². The zero-order valence-corrected chi connectivity index (χ0v) is 13.4. The van der Waals surface area contributed by atoms with E-state index in [0.29, 0.717) is 5.92 Å². The molecule has 0 radical (unpaired) electrons. The first-order chi connectivity index (χ1) is 10.0. The Morgan fingerprint density at radius 3 is 2.62 bits per heavy atom. The SMILES string of the molecule is Cc1ccccc1C(O)CNC(=O)c1sccc1C(C)C. The Balaban J connectivity index is 2.01. The number of benzene rings is 1. The molecule has 1 aromatic carbocycles. The minimum atomic E-state index is -0.683. The molecular weight excluding hydrogens is 282 g/mol. The topological polar surface area (TPSA) is 49.3 Å². The normalized spacial score (nSPS) is 12.4. The second-order valence-corrected chi connectivity index (χ2v) is 6.36. The van der Waals surface area contributed by atoms with Crippen LogP contribution in [0.25, 0.3) is 0 Å². The lowest BCUT2D eigenvalue weighted by Gasteiger charge is -2.15. The number of hydrogen-bond donors (Lipinski definition) is 2. The van der Waals surface area contributed by atoms with Crippen molar-refractivity contribution in [3.05, 3.63) is 57.3 Å². The summed E-state index contributed by atoms with van der Waals surface area (Å²) in [5.74, 6) is 0.208. The predicted octanol–water partition coefficient (Wildman–Crippen LogP) is 3.64.